The van der Waals surface area contributed by atoms with E-state index in [-0.39, 0.29) is 5.91 Å². The molecule has 1 aromatic carbocycles. The number of hydrogen-bond acceptors (Lipinski definition) is 2. The molecule has 18 heavy (non-hydrogen) atoms. The lowest BCUT2D eigenvalue weighted by molar-refractivity contribution is -0.117. The van der Waals surface area contributed by atoms with Crippen molar-refractivity contribution < 1.29 is 4.79 Å². The molecule has 0 bridgehead atoms. The van der Waals surface area contributed by atoms with E-state index in [0.717, 1.165) is 11.4 Å². The first-order chi connectivity index (χ1) is 8.47. The van der Waals surface area contributed by atoms with Crippen molar-refractivity contribution in [3.8, 4) is 5.69 Å². The third-order valence-corrected chi connectivity index (χ3v) is 2.79. The molecule has 0 fully saturated rings. The Balaban J connectivity index is 2.12. The number of halogens is 1. The molecule has 2 aromatic rings. The van der Waals surface area contributed by atoms with Gasteiger partial charge in [0.25, 0.3) is 0 Å². The van der Waals surface area contributed by atoms with Gasteiger partial charge in [-0.25, -0.2) is 4.68 Å². The Morgan fingerprint density at radius 3 is 2.50 bits per heavy atom. The second-order valence-electron chi connectivity index (χ2n) is 4.42. The molecule has 1 amide bonds. The summed E-state index contributed by atoms with van der Waals surface area (Å²) in [5.41, 5.74) is 1.72. The van der Waals surface area contributed by atoms with E-state index in [0.29, 0.717) is 0 Å². The quantitative estimate of drug-likeness (QED) is 0.886. The summed E-state index contributed by atoms with van der Waals surface area (Å²) in [6.45, 7) is 3.61. The van der Waals surface area contributed by atoms with Crippen LogP contribution in [0.25, 0.3) is 5.69 Å². The second kappa shape index (κ2) is 4.94. The summed E-state index contributed by atoms with van der Waals surface area (Å²) in [6, 6.07) is 9.39. The van der Waals surface area contributed by atoms with Crippen molar-refractivity contribution in [2.24, 2.45) is 0 Å². The summed E-state index contributed by atoms with van der Waals surface area (Å²) in [6.07, 6.45) is 3.60. The molecule has 0 radical (unpaired) electrons. The molecule has 2 rings (SSSR count). The molecule has 5 heteroatoms. The number of nitrogens with one attached hydrogen (secondary N) is 1. The molecule has 0 aliphatic heterocycles. The maximum Gasteiger partial charge on any atom is 0.240 e. The zero-order valence-corrected chi connectivity index (χ0v) is 11.8. The van der Waals surface area contributed by atoms with Crippen LogP contribution in [0.5, 0.6) is 0 Å². The topological polar surface area (TPSA) is 46.9 Å². The van der Waals surface area contributed by atoms with Gasteiger partial charge in [-0.1, -0.05) is 15.9 Å². The van der Waals surface area contributed by atoms with Gasteiger partial charge in [0.2, 0.25) is 5.91 Å². The highest BCUT2D eigenvalue weighted by molar-refractivity contribution is 9.10. The van der Waals surface area contributed by atoms with Gasteiger partial charge in [0.15, 0.2) is 0 Å². The van der Waals surface area contributed by atoms with Crippen molar-refractivity contribution in [2.45, 2.75) is 18.2 Å². The predicted molar refractivity (Wildman–Crippen MR) is 75.2 cm³/mol. The van der Waals surface area contributed by atoms with Gasteiger partial charge >= 0.3 is 0 Å². The number of anilines is 1. The third kappa shape index (κ3) is 2.98. The Morgan fingerprint density at radius 1 is 1.33 bits per heavy atom. The second-order valence-corrected chi connectivity index (χ2v) is 6.41. The number of alkyl halides is 1. The van der Waals surface area contributed by atoms with Crippen LogP contribution in [-0.4, -0.2) is 20.0 Å². The lowest BCUT2D eigenvalue weighted by atomic mass is 10.2. The van der Waals surface area contributed by atoms with Crippen molar-refractivity contribution in [1.29, 1.82) is 0 Å². The molecule has 0 aliphatic carbocycles. The number of rotatable bonds is 3. The number of aromatic nitrogens is 2. The highest BCUT2D eigenvalue weighted by atomic mass is 79.9. The van der Waals surface area contributed by atoms with E-state index in [2.05, 4.69) is 26.3 Å². The fourth-order valence-corrected chi connectivity index (χ4v) is 1.50. The molecular weight excluding hydrogens is 294 g/mol. The van der Waals surface area contributed by atoms with Crippen LogP contribution >= 0.6 is 15.9 Å². The molecule has 0 aliphatic rings. The molecule has 1 aromatic heterocycles. The number of nitrogens with zero attached hydrogens (tertiary/aromatic N) is 2. The van der Waals surface area contributed by atoms with Crippen LogP contribution < -0.4 is 5.32 Å². The molecule has 94 valence electrons. The van der Waals surface area contributed by atoms with E-state index in [1.165, 1.54) is 0 Å². The molecule has 0 saturated heterocycles. The van der Waals surface area contributed by atoms with Crippen LogP contribution in [0.4, 0.5) is 5.69 Å². The van der Waals surface area contributed by atoms with Crippen molar-refractivity contribution >= 4 is 27.5 Å². The van der Waals surface area contributed by atoms with Gasteiger partial charge in [-0.3, -0.25) is 4.79 Å². The largest absolute Gasteiger partial charge is 0.325 e. The summed E-state index contributed by atoms with van der Waals surface area (Å²) >= 11 is 3.32. The molecule has 0 atom stereocenters. The first-order valence-corrected chi connectivity index (χ1v) is 6.36. The fraction of sp³-hybridized carbons (Fsp3) is 0.231. The summed E-state index contributed by atoms with van der Waals surface area (Å²) in [4.78, 5) is 11.8. The van der Waals surface area contributed by atoms with Crippen molar-refractivity contribution in [2.75, 3.05) is 5.32 Å². The van der Waals surface area contributed by atoms with E-state index in [1.54, 1.807) is 24.7 Å². The Labute approximate surface area is 114 Å². The zero-order valence-electron chi connectivity index (χ0n) is 10.2. The minimum atomic E-state index is -0.576. The van der Waals surface area contributed by atoms with Gasteiger partial charge in [-0.15, -0.1) is 0 Å². The van der Waals surface area contributed by atoms with Crippen LogP contribution in [0.3, 0.4) is 0 Å². The molecule has 0 saturated carbocycles. The van der Waals surface area contributed by atoms with Crippen molar-refractivity contribution in [3.63, 3.8) is 0 Å². The maximum absolute atomic E-state index is 11.8. The maximum atomic E-state index is 11.8. The highest BCUT2D eigenvalue weighted by Gasteiger charge is 2.23. The monoisotopic (exact) mass is 307 g/mol. The Morgan fingerprint density at radius 2 is 2.00 bits per heavy atom. The normalized spacial score (nSPS) is 11.3. The third-order valence-electron chi connectivity index (χ3n) is 2.43. The minimum Gasteiger partial charge on any atom is -0.325 e. The van der Waals surface area contributed by atoms with Crippen LogP contribution in [0, 0.1) is 0 Å². The standard InChI is InChI=1S/C13H14BrN3O/c1-13(2,14)12(18)16-10-4-6-11(7-5-10)17-9-3-8-15-17/h3-9H,1-2H3,(H,16,18). The highest BCUT2D eigenvalue weighted by Crippen LogP contribution is 2.19. The lowest BCUT2D eigenvalue weighted by Crippen LogP contribution is -2.30. The van der Waals surface area contributed by atoms with Crippen LogP contribution in [-0.2, 0) is 4.79 Å². The predicted octanol–water partition coefficient (Wildman–Crippen LogP) is 2.98. The summed E-state index contributed by atoms with van der Waals surface area (Å²) < 4.78 is 1.19. The van der Waals surface area contributed by atoms with E-state index >= 15 is 0 Å². The zero-order chi connectivity index (χ0) is 13.2. The van der Waals surface area contributed by atoms with Gasteiger partial charge in [0.1, 0.15) is 0 Å². The molecule has 4 nitrogen and oxygen atoms in total. The SMILES string of the molecule is CC(C)(Br)C(=O)Nc1ccc(-n2cccn2)cc1. The lowest BCUT2D eigenvalue weighted by Gasteiger charge is -2.15. The number of carbonyl (C=O) groups is 1. The Hall–Kier alpha value is -1.62. The summed E-state index contributed by atoms with van der Waals surface area (Å²) in [5.74, 6) is -0.0747. The summed E-state index contributed by atoms with van der Waals surface area (Å²) in [5, 5.41) is 6.98. The molecular formula is C13H14BrN3O. The van der Waals surface area contributed by atoms with Gasteiger partial charge in [-0.2, -0.15) is 5.10 Å². The average Bonchev–Trinajstić information content (AvgIpc) is 2.82. The van der Waals surface area contributed by atoms with E-state index in [4.69, 9.17) is 0 Å². The van der Waals surface area contributed by atoms with E-state index < -0.39 is 4.32 Å². The van der Waals surface area contributed by atoms with Crippen molar-refractivity contribution in [3.05, 3.63) is 42.7 Å². The average molecular weight is 308 g/mol. The van der Waals surface area contributed by atoms with Gasteiger partial charge in [0.05, 0.1) is 10.0 Å². The summed E-state index contributed by atoms with van der Waals surface area (Å²) in [7, 11) is 0. The van der Waals surface area contributed by atoms with Crippen molar-refractivity contribution in [1.82, 2.24) is 9.78 Å². The van der Waals surface area contributed by atoms with E-state index in [1.807, 2.05) is 36.5 Å². The van der Waals surface area contributed by atoms with Gasteiger partial charge in [0, 0.05) is 18.1 Å². The first kappa shape index (κ1) is 12.8. The number of carbonyl (C=O) groups excluding carboxylic acids is 1. The number of benzene rings is 1. The number of amides is 1. The minimum absolute atomic E-state index is 0.0747. The van der Waals surface area contributed by atoms with Crippen LogP contribution in [0.2, 0.25) is 0 Å². The van der Waals surface area contributed by atoms with Gasteiger partial charge in [-0.05, 0) is 44.2 Å². The first-order valence-electron chi connectivity index (χ1n) is 5.57. The smallest absolute Gasteiger partial charge is 0.240 e. The molecule has 0 spiro atoms. The molecule has 1 heterocycles. The Bertz CT molecular complexity index is 526. The van der Waals surface area contributed by atoms with Crippen LogP contribution in [0.1, 0.15) is 13.8 Å². The molecule has 1 N–H and O–H groups in total. The van der Waals surface area contributed by atoms with Crippen LogP contribution in [0.15, 0.2) is 42.7 Å². The molecule has 0 unspecified atom stereocenters. The Kier molecular flexibility index (Phi) is 3.52. The van der Waals surface area contributed by atoms with Gasteiger partial charge < -0.3 is 5.32 Å². The fourth-order valence-electron chi connectivity index (χ4n) is 1.40. The van der Waals surface area contributed by atoms with E-state index in [9.17, 15) is 4.79 Å². The number of hydrogen-bond donors (Lipinski definition) is 1.